The Balaban J connectivity index is 2.56. The van der Waals surface area contributed by atoms with Crippen LogP contribution in [0.15, 0.2) is 22.7 Å². The molecule has 0 aliphatic carbocycles. The highest BCUT2D eigenvalue weighted by Gasteiger charge is 2.04. The maximum Gasteiger partial charge on any atom is 0.120 e. The van der Waals surface area contributed by atoms with Crippen molar-refractivity contribution in [1.82, 2.24) is 0 Å². The van der Waals surface area contributed by atoms with Crippen molar-refractivity contribution in [3.05, 3.63) is 28.2 Å². The normalized spacial score (nSPS) is 10.1. The van der Waals surface area contributed by atoms with Crippen LogP contribution in [0.25, 0.3) is 0 Å². The SMILES string of the molecule is CCOCCOc1ccc(C(N)=S)c(Br)c1. The van der Waals surface area contributed by atoms with Crippen molar-refractivity contribution in [3.63, 3.8) is 0 Å². The molecule has 0 bridgehead atoms. The van der Waals surface area contributed by atoms with Crippen molar-refractivity contribution in [3.8, 4) is 5.75 Å². The molecular weight excluding hydrogens is 290 g/mol. The van der Waals surface area contributed by atoms with Crippen LogP contribution in [0.4, 0.5) is 0 Å². The summed E-state index contributed by atoms with van der Waals surface area (Å²) in [4.78, 5) is 0.368. The second-order valence-electron chi connectivity index (χ2n) is 3.05. The van der Waals surface area contributed by atoms with E-state index in [4.69, 9.17) is 27.4 Å². The zero-order valence-electron chi connectivity index (χ0n) is 9.03. The van der Waals surface area contributed by atoms with Crippen LogP contribution < -0.4 is 10.5 Å². The van der Waals surface area contributed by atoms with Crippen molar-refractivity contribution < 1.29 is 9.47 Å². The van der Waals surface area contributed by atoms with Gasteiger partial charge in [0.15, 0.2) is 0 Å². The van der Waals surface area contributed by atoms with Crippen LogP contribution in [0.3, 0.4) is 0 Å². The van der Waals surface area contributed by atoms with Crippen molar-refractivity contribution in [1.29, 1.82) is 0 Å². The van der Waals surface area contributed by atoms with E-state index in [1.54, 1.807) is 0 Å². The van der Waals surface area contributed by atoms with Gasteiger partial charge in [-0.25, -0.2) is 0 Å². The minimum atomic E-state index is 0.368. The molecule has 1 aromatic rings. The molecule has 0 saturated carbocycles. The Bertz CT molecular complexity index is 371. The van der Waals surface area contributed by atoms with Crippen molar-refractivity contribution in [2.24, 2.45) is 5.73 Å². The molecule has 0 atom stereocenters. The van der Waals surface area contributed by atoms with Gasteiger partial charge in [0, 0.05) is 16.6 Å². The lowest BCUT2D eigenvalue weighted by Gasteiger charge is -2.08. The second-order valence-corrected chi connectivity index (χ2v) is 4.35. The number of nitrogens with two attached hydrogens (primary N) is 1. The molecule has 0 heterocycles. The second kappa shape index (κ2) is 6.83. The predicted molar refractivity (Wildman–Crippen MR) is 72.0 cm³/mol. The molecule has 0 fully saturated rings. The number of benzene rings is 1. The first-order chi connectivity index (χ1) is 7.65. The number of ether oxygens (including phenoxy) is 2. The first kappa shape index (κ1) is 13.4. The lowest BCUT2D eigenvalue weighted by molar-refractivity contribution is 0.110. The van der Waals surface area contributed by atoms with Gasteiger partial charge in [-0.2, -0.15) is 0 Å². The van der Waals surface area contributed by atoms with Crippen LogP contribution in [-0.2, 0) is 4.74 Å². The molecule has 1 rings (SSSR count). The van der Waals surface area contributed by atoms with Crippen LogP contribution in [0.1, 0.15) is 12.5 Å². The predicted octanol–water partition coefficient (Wildman–Crippen LogP) is 2.50. The number of rotatable bonds is 6. The van der Waals surface area contributed by atoms with Gasteiger partial charge in [-0.1, -0.05) is 12.2 Å². The van der Waals surface area contributed by atoms with E-state index in [0.717, 1.165) is 15.8 Å². The molecule has 88 valence electrons. The Hall–Kier alpha value is -0.650. The van der Waals surface area contributed by atoms with Crippen LogP contribution in [0.5, 0.6) is 5.75 Å². The first-order valence-corrected chi connectivity index (χ1v) is 6.15. The Labute approximate surface area is 109 Å². The quantitative estimate of drug-likeness (QED) is 0.648. The number of hydrogen-bond acceptors (Lipinski definition) is 3. The molecule has 0 aliphatic rings. The fourth-order valence-corrected chi connectivity index (χ4v) is 2.03. The molecule has 0 aliphatic heterocycles. The van der Waals surface area contributed by atoms with E-state index in [1.165, 1.54) is 0 Å². The third kappa shape index (κ3) is 4.08. The summed E-state index contributed by atoms with van der Waals surface area (Å²) in [5.41, 5.74) is 6.36. The Kier molecular flexibility index (Phi) is 5.73. The summed E-state index contributed by atoms with van der Waals surface area (Å²) >= 11 is 8.29. The molecule has 2 N–H and O–H groups in total. The molecule has 5 heteroatoms. The van der Waals surface area contributed by atoms with Crippen LogP contribution in [-0.4, -0.2) is 24.8 Å². The molecule has 1 aromatic carbocycles. The Morgan fingerprint density at radius 3 is 2.75 bits per heavy atom. The highest BCUT2D eigenvalue weighted by atomic mass is 79.9. The minimum Gasteiger partial charge on any atom is -0.491 e. The summed E-state index contributed by atoms with van der Waals surface area (Å²) < 4.78 is 11.5. The third-order valence-corrected chi connectivity index (χ3v) is 2.78. The number of halogens is 1. The summed E-state index contributed by atoms with van der Waals surface area (Å²) in [5.74, 6) is 0.770. The molecule has 0 radical (unpaired) electrons. The lowest BCUT2D eigenvalue weighted by Crippen LogP contribution is -2.10. The Morgan fingerprint density at radius 1 is 1.44 bits per heavy atom. The van der Waals surface area contributed by atoms with Crippen molar-refractivity contribution >= 4 is 33.1 Å². The molecular formula is C11H14BrNO2S. The fraction of sp³-hybridized carbons (Fsp3) is 0.364. The molecule has 0 saturated heterocycles. The molecule has 0 spiro atoms. The summed E-state index contributed by atoms with van der Waals surface area (Å²) in [5, 5.41) is 0. The smallest absolute Gasteiger partial charge is 0.120 e. The van der Waals surface area contributed by atoms with Crippen LogP contribution in [0, 0.1) is 0 Å². The van der Waals surface area contributed by atoms with E-state index in [2.05, 4.69) is 15.9 Å². The summed E-state index contributed by atoms with van der Waals surface area (Å²) in [7, 11) is 0. The van der Waals surface area contributed by atoms with E-state index in [1.807, 2.05) is 25.1 Å². The monoisotopic (exact) mass is 303 g/mol. The first-order valence-electron chi connectivity index (χ1n) is 4.95. The summed E-state index contributed by atoms with van der Waals surface area (Å²) in [6, 6.07) is 5.52. The number of thiocarbonyl (C=S) groups is 1. The zero-order chi connectivity index (χ0) is 12.0. The van der Waals surface area contributed by atoms with E-state index in [9.17, 15) is 0 Å². The maximum atomic E-state index is 5.54. The van der Waals surface area contributed by atoms with Gasteiger partial charge in [0.05, 0.1) is 6.61 Å². The standard InChI is InChI=1S/C11H14BrNO2S/c1-2-14-5-6-15-8-3-4-9(11(13)16)10(12)7-8/h3-4,7H,2,5-6H2,1H3,(H2,13,16). The average molecular weight is 304 g/mol. The van der Waals surface area contributed by atoms with E-state index in [0.29, 0.717) is 24.8 Å². The summed E-state index contributed by atoms with van der Waals surface area (Å²) in [6.45, 7) is 3.78. The van der Waals surface area contributed by atoms with E-state index >= 15 is 0 Å². The third-order valence-electron chi connectivity index (χ3n) is 1.91. The van der Waals surface area contributed by atoms with Crippen molar-refractivity contribution in [2.45, 2.75) is 6.92 Å². The maximum absolute atomic E-state index is 5.54. The highest BCUT2D eigenvalue weighted by Crippen LogP contribution is 2.22. The topological polar surface area (TPSA) is 44.5 Å². The summed E-state index contributed by atoms with van der Waals surface area (Å²) in [6.07, 6.45) is 0. The fourth-order valence-electron chi connectivity index (χ4n) is 1.15. The molecule has 0 amide bonds. The minimum absolute atomic E-state index is 0.368. The number of hydrogen-bond donors (Lipinski definition) is 1. The largest absolute Gasteiger partial charge is 0.491 e. The Morgan fingerprint density at radius 2 is 2.19 bits per heavy atom. The van der Waals surface area contributed by atoms with Gasteiger partial charge in [-0.05, 0) is 41.1 Å². The lowest BCUT2D eigenvalue weighted by atomic mass is 10.2. The van der Waals surface area contributed by atoms with Gasteiger partial charge in [0.1, 0.15) is 17.3 Å². The zero-order valence-corrected chi connectivity index (χ0v) is 11.4. The van der Waals surface area contributed by atoms with Gasteiger partial charge in [-0.3, -0.25) is 0 Å². The van der Waals surface area contributed by atoms with Gasteiger partial charge in [-0.15, -0.1) is 0 Å². The van der Waals surface area contributed by atoms with Gasteiger partial charge in [0.2, 0.25) is 0 Å². The molecule has 0 aromatic heterocycles. The molecule has 0 unspecified atom stereocenters. The van der Waals surface area contributed by atoms with Gasteiger partial charge in [0.25, 0.3) is 0 Å². The van der Waals surface area contributed by atoms with Crippen molar-refractivity contribution in [2.75, 3.05) is 19.8 Å². The molecule has 3 nitrogen and oxygen atoms in total. The molecule has 16 heavy (non-hydrogen) atoms. The van der Waals surface area contributed by atoms with Gasteiger partial charge >= 0.3 is 0 Å². The van der Waals surface area contributed by atoms with Crippen LogP contribution in [0.2, 0.25) is 0 Å². The van der Waals surface area contributed by atoms with Crippen LogP contribution >= 0.6 is 28.1 Å². The average Bonchev–Trinajstić information content (AvgIpc) is 2.24. The highest BCUT2D eigenvalue weighted by molar-refractivity contribution is 9.10. The van der Waals surface area contributed by atoms with E-state index in [-0.39, 0.29) is 0 Å². The van der Waals surface area contributed by atoms with Gasteiger partial charge < -0.3 is 15.2 Å². The van der Waals surface area contributed by atoms with E-state index < -0.39 is 0 Å².